The Morgan fingerprint density at radius 3 is 1.17 bits per heavy atom. The number of piperazine rings is 1. The molecule has 0 aliphatic carbocycles. The summed E-state index contributed by atoms with van der Waals surface area (Å²) in [5.74, 6) is 2.07. The molecule has 16 heterocycles. The predicted molar refractivity (Wildman–Crippen MR) is 557 cm³/mol. The van der Waals surface area contributed by atoms with Crippen molar-refractivity contribution in [2.75, 3.05) is 98.7 Å². The van der Waals surface area contributed by atoms with E-state index >= 15 is 0 Å². The van der Waals surface area contributed by atoms with Crippen molar-refractivity contribution < 1.29 is 14.3 Å². The number of likely N-dealkylation sites (tertiary alicyclic amines) is 2. The van der Waals surface area contributed by atoms with Crippen LogP contribution in [0.15, 0.2) is 336 Å². The van der Waals surface area contributed by atoms with Gasteiger partial charge in [-0.05, 0) is 269 Å². The van der Waals surface area contributed by atoms with E-state index in [0.717, 1.165) is 184 Å². The molecule has 0 unspecified atom stereocenters. The number of anilines is 9. The summed E-state index contributed by atoms with van der Waals surface area (Å²) in [6, 6.07) is 79.5. The summed E-state index contributed by atoms with van der Waals surface area (Å²) in [7, 11) is 1.71. The number of rotatable bonds is 23. The minimum Gasteiger partial charge on any atom is -0.496 e. The second-order valence-electron chi connectivity index (χ2n) is 35.8. The number of nitrogens with zero attached hydrogens (tertiary/aromatic N) is 13. The number of piperidine rings is 2. The number of hydrogen-bond donors (Lipinski definition) is 8. The maximum Gasteiger partial charge on any atom is 0.254 e. The van der Waals surface area contributed by atoms with Crippen LogP contribution in [0.25, 0.3) is 67.6 Å². The Balaban J connectivity index is 0.000000119. The van der Waals surface area contributed by atoms with Crippen LogP contribution in [0.2, 0.25) is 0 Å². The Morgan fingerprint density at radius 2 is 0.771 bits per heavy atom. The zero-order valence-corrected chi connectivity index (χ0v) is 78.9. The number of methoxy groups -OCH3 is 1. The number of amides is 2. The third kappa shape index (κ3) is 21.1. The number of imidazole rings is 4. The van der Waals surface area contributed by atoms with Crippen LogP contribution in [-0.4, -0.2) is 167 Å². The van der Waals surface area contributed by atoms with Crippen molar-refractivity contribution >= 4 is 85.6 Å². The van der Waals surface area contributed by atoms with E-state index in [1.165, 1.54) is 79.7 Å². The molecule has 22 rings (SSSR count). The maximum absolute atomic E-state index is 13.2. The van der Waals surface area contributed by atoms with Crippen molar-refractivity contribution in [1.82, 2.24) is 77.1 Å². The molecule has 6 aromatic carbocycles. The van der Waals surface area contributed by atoms with Gasteiger partial charge in [-0.15, -0.1) is 0 Å². The van der Waals surface area contributed by atoms with Gasteiger partial charge in [0.15, 0.2) is 22.6 Å². The SMILES string of the molecule is CCC(CC)N1CCN(c2ccc(Nc3ccc(-c4cc[nH]c(=O)c4)n4ccnc34)cc2)CC1.CCCN1CCC(c2ccc(Nc3ccc(-c4cc[nH]c(=O)c4)n4ccnc34)cc2)CC1.COc1ccccc1C1CCN(C(=O)c2ccc(Nc3ccc(-c4cc[nH]c(=O)c4)n4ccnc34)cc2)CC1.O=C(c1ccc(Nc2ccc(-c3cc[nH]c(=O)c3)n3ccnc23)cc1)N1CCc2ccccc2C1. The van der Waals surface area contributed by atoms with Crippen molar-refractivity contribution in [3.8, 4) is 50.8 Å². The minimum atomic E-state index is -0.154. The molecule has 708 valence electrons. The summed E-state index contributed by atoms with van der Waals surface area (Å²) in [5.41, 5.74) is 24.6. The van der Waals surface area contributed by atoms with E-state index in [0.29, 0.717) is 35.5 Å². The van der Waals surface area contributed by atoms with E-state index in [1.807, 2.05) is 198 Å². The second kappa shape index (κ2) is 42.8. The first-order valence-electron chi connectivity index (χ1n) is 48.2. The fourth-order valence-electron chi connectivity index (χ4n) is 19.8. The van der Waals surface area contributed by atoms with Crippen LogP contribution in [0.5, 0.6) is 5.75 Å². The molecule has 3 saturated heterocycles. The number of benzene rings is 6. The van der Waals surface area contributed by atoms with E-state index in [4.69, 9.17) is 4.74 Å². The van der Waals surface area contributed by atoms with Crippen molar-refractivity contribution in [3.05, 3.63) is 392 Å². The molecular formula is C112H113N21O7. The quantitative estimate of drug-likeness (QED) is 0.0295. The summed E-state index contributed by atoms with van der Waals surface area (Å²) in [4.78, 5) is 114. The van der Waals surface area contributed by atoms with Gasteiger partial charge in [-0.3, -0.25) is 51.3 Å². The number of hydrogen-bond acceptors (Lipinski definition) is 18. The molecule has 140 heavy (non-hydrogen) atoms. The van der Waals surface area contributed by atoms with Gasteiger partial charge >= 0.3 is 0 Å². The van der Waals surface area contributed by atoms with Gasteiger partial charge < -0.3 is 65.5 Å². The van der Waals surface area contributed by atoms with Gasteiger partial charge in [0.25, 0.3) is 11.8 Å². The number of carbonyl (C=O) groups is 2. The van der Waals surface area contributed by atoms with E-state index in [1.54, 1.807) is 81.0 Å². The first-order chi connectivity index (χ1) is 68.6. The molecule has 0 saturated carbocycles. The van der Waals surface area contributed by atoms with Crippen molar-refractivity contribution in [2.24, 2.45) is 0 Å². The molecule has 4 aliphatic rings. The third-order valence-electron chi connectivity index (χ3n) is 27.2. The molecule has 0 atom stereocenters. The topological polar surface area (TPSA) is 308 Å². The van der Waals surface area contributed by atoms with E-state index in [9.17, 15) is 28.8 Å². The van der Waals surface area contributed by atoms with E-state index in [-0.39, 0.29) is 34.1 Å². The van der Waals surface area contributed by atoms with E-state index in [2.05, 4.69) is 169 Å². The highest BCUT2D eigenvalue weighted by molar-refractivity contribution is 5.96. The summed E-state index contributed by atoms with van der Waals surface area (Å²) < 4.78 is 13.5. The summed E-state index contributed by atoms with van der Waals surface area (Å²) in [6.45, 7) is 17.7. The Kier molecular flexibility index (Phi) is 28.3. The number of aromatic amines is 4. The van der Waals surface area contributed by atoms with Crippen LogP contribution in [-0.2, 0) is 13.0 Å². The number of para-hydroxylation sites is 1. The van der Waals surface area contributed by atoms with Gasteiger partial charge in [-0.2, -0.15) is 0 Å². The Hall–Kier alpha value is -16.5. The zero-order chi connectivity index (χ0) is 96.0. The molecule has 0 bridgehead atoms. The third-order valence-corrected chi connectivity index (χ3v) is 27.2. The largest absolute Gasteiger partial charge is 0.496 e. The standard InChI is InChI=1S/C31H29N5O3.C28H23N5O2.C27H32N6O.C26H29N5O/c1-39-28-5-3-2-4-25(28)21-13-17-35(18-14-21)31(38)22-6-8-24(9-7-22)34-26-10-11-27(36-19-16-33-30(26)36)23-12-15-32-29(37)20-23;34-26-17-21(11-13-29-26)25-10-9-24(27-30-14-16-33(25)27)31-23-7-5-20(6-8-23)28(35)32-15-12-19-3-1-2-4-22(19)18-32;1-3-22(4-2)31-15-17-32(18-16-31)23-7-5-21(6-8-23)30-24-9-10-25(33-14-13-29-27(24)33)20-11-12-28-26(34)19-20;1-2-14-30-15-10-20(11-16-30)19-3-5-22(6-4-19)29-23-7-8-24(31-17-13-28-26(23)31)21-9-12-27-25(32)18-21/h2-12,15-16,19-21,34H,13-14,17-18H2,1H3,(H,32,37);1-11,13-14,16-17,31H,12,15,18H2,(H,29,34);5-14,19,22,30H,3-4,15-18H2,1-2H3,(H,28,34);3-9,12-13,17-18,20,29H,2,10-11,14-16H2,1H3,(H,27,32). The average Bonchev–Trinajstić information content (AvgIpc) is 1.63. The summed E-state index contributed by atoms with van der Waals surface area (Å²) in [5, 5.41) is 13.9. The van der Waals surface area contributed by atoms with Crippen LogP contribution >= 0.6 is 0 Å². The highest BCUT2D eigenvalue weighted by Crippen LogP contribution is 2.39. The predicted octanol–water partition coefficient (Wildman–Crippen LogP) is 19.9. The number of H-pyrrole nitrogens is 4. The highest BCUT2D eigenvalue weighted by atomic mass is 16.5. The normalized spacial score (nSPS) is 14.2. The monoisotopic (exact) mass is 1860 g/mol. The molecular weight excluding hydrogens is 1750 g/mol. The van der Waals surface area contributed by atoms with Gasteiger partial charge in [0.2, 0.25) is 22.2 Å². The first-order valence-corrected chi connectivity index (χ1v) is 48.2. The number of fused-ring (bicyclic) bond motifs is 5. The molecule has 0 spiro atoms. The van der Waals surface area contributed by atoms with Crippen LogP contribution in [0.1, 0.15) is 121 Å². The molecule has 8 N–H and O–H groups in total. The molecule has 3 fully saturated rings. The first kappa shape index (κ1) is 92.6. The van der Waals surface area contributed by atoms with Gasteiger partial charge in [0.05, 0.1) is 52.6 Å². The van der Waals surface area contributed by atoms with Crippen LogP contribution in [0.4, 0.5) is 51.2 Å². The van der Waals surface area contributed by atoms with Gasteiger partial charge in [0.1, 0.15) is 5.75 Å². The molecule has 4 aliphatic heterocycles. The fourth-order valence-corrected chi connectivity index (χ4v) is 19.8. The van der Waals surface area contributed by atoms with Crippen LogP contribution in [0, 0.1) is 0 Å². The molecule has 2 amide bonds. The van der Waals surface area contributed by atoms with Crippen LogP contribution in [0.3, 0.4) is 0 Å². The second-order valence-corrected chi connectivity index (χ2v) is 35.8. The van der Waals surface area contributed by atoms with Gasteiger partial charge in [-0.25, -0.2) is 19.9 Å². The molecule has 12 aromatic heterocycles. The minimum absolute atomic E-state index is 0.0453. The lowest BCUT2D eigenvalue weighted by molar-refractivity contribution is 0.0710. The smallest absolute Gasteiger partial charge is 0.254 e. The lowest BCUT2D eigenvalue weighted by Gasteiger charge is -2.39. The van der Waals surface area contributed by atoms with Crippen molar-refractivity contribution in [2.45, 2.75) is 96.6 Å². The fraction of sp³-hybridized carbons (Fsp3) is 0.232. The number of aromatic nitrogens is 12. The lowest BCUT2D eigenvalue weighted by atomic mass is 9.88. The highest BCUT2D eigenvalue weighted by Gasteiger charge is 2.29. The molecule has 0 radical (unpaired) electrons. The van der Waals surface area contributed by atoms with E-state index < -0.39 is 0 Å². The lowest BCUT2D eigenvalue weighted by Crippen LogP contribution is -2.50. The maximum atomic E-state index is 13.2. The van der Waals surface area contributed by atoms with Crippen LogP contribution < -0.4 is 53.1 Å². The molecule has 28 heteroatoms. The number of ether oxygens (including phenoxy) is 1. The number of pyridine rings is 8. The summed E-state index contributed by atoms with van der Waals surface area (Å²) >= 11 is 0. The van der Waals surface area contributed by atoms with Gasteiger partial charge in [0, 0.05) is 219 Å². The summed E-state index contributed by atoms with van der Waals surface area (Å²) in [6.07, 6.45) is 30.1. The Morgan fingerprint density at radius 1 is 0.393 bits per heavy atom. The van der Waals surface area contributed by atoms with Crippen molar-refractivity contribution in [3.63, 3.8) is 0 Å². The number of carbonyl (C=O) groups excluding carboxylic acids is 2. The van der Waals surface area contributed by atoms with Crippen molar-refractivity contribution in [1.29, 1.82) is 0 Å². The number of nitrogens with one attached hydrogen (secondary N) is 8. The molecule has 28 nitrogen and oxygen atoms in total. The Labute approximate surface area is 810 Å². The van der Waals surface area contributed by atoms with Gasteiger partial charge in [-0.1, -0.05) is 75.4 Å². The average molecular weight is 1870 g/mol. The molecule has 18 aromatic rings. The zero-order valence-electron chi connectivity index (χ0n) is 78.9. The Bertz CT molecular complexity index is 7620.